The number of nitrogen functional groups attached to an aromatic ring is 1. The highest BCUT2D eigenvalue weighted by Crippen LogP contribution is 2.35. The summed E-state index contributed by atoms with van der Waals surface area (Å²) in [6.45, 7) is -1.73. The third-order valence-corrected chi connectivity index (χ3v) is 1.95. The lowest BCUT2D eigenvalue weighted by Gasteiger charge is -2.22. The van der Waals surface area contributed by atoms with Crippen molar-refractivity contribution in [2.75, 3.05) is 12.3 Å². The molecule has 1 atom stereocenters. The molecule has 1 rings (SSSR count). The van der Waals surface area contributed by atoms with Crippen LogP contribution in [0.5, 0.6) is 5.75 Å². The summed E-state index contributed by atoms with van der Waals surface area (Å²) in [6, 6.07) is 5.14. The minimum Gasteiger partial charge on any atom is -0.487 e. The van der Waals surface area contributed by atoms with Gasteiger partial charge in [-0.1, -0.05) is 6.07 Å². The first-order valence-corrected chi connectivity index (χ1v) is 4.70. The molecule has 2 N–H and O–H groups in total. The van der Waals surface area contributed by atoms with E-state index in [1.54, 1.807) is 0 Å². The summed E-state index contributed by atoms with van der Waals surface area (Å²) in [5.74, 6) is -4.83. The first kappa shape index (κ1) is 14.5. The van der Waals surface area contributed by atoms with Gasteiger partial charge in [0, 0.05) is 11.8 Å². The minimum absolute atomic E-state index is 0.163. The van der Waals surface area contributed by atoms with Gasteiger partial charge in [0.25, 0.3) is 6.17 Å². The summed E-state index contributed by atoms with van der Waals surface area (Å²) >= 11 is 0. The van der Waals surface area contributed by atoms with E-state index in [-0.39, 0.29) is 11.4 Å². The van der Waals surface area contributed by atoms with Crippen LogP contribution in [0.25, 0.3) is 0 Å². The van der Waals surface area contributed by atoms with Gasteiger partial charge in [-0.15, -0.1) is 0 Å². The van der Waals surface area contributed by atoms with E-state index in [4.69, 9.17) is 5.73 Å². The lowest BCUT2D eigenvalue weighted by Crippen LogP contribution is -2.45. The minimum atomic E-state index is -5.64. The van der Waals surface area contributed by atoms with E-state index in [0.29, 0.717) is 0 Å². The number of rotatable bonds is 4. The van der Waals surface area contributed by atoms with E-state index >= 15 is 0 Å². The van der Waals surface area contributed by atoms with Gasteiger partial charge in [0.15, 0.2) is 6.61 Å². The summed E-state index contributed by atoms with van der Waals surface area (Å²) in [6.07, 6.45) is -9.91. The van der Waals surface area contributed by atoms with Gasteiger partial charge in [-0.25, -0.2) is 4.39 Å². The smallest absolute Gasteiger partial charge is 0.425 e. The molecule has 102 valence electrons. The van der Waals surface area contributed by atoms with Crippen LogP contribution < -0.4 is 10.5 Å². The van der Waals surface area contributed by atoms with Gasteiger partial charge in [-0.3, -0.25) is 0 Å². The fourth-order valence-electron chi connectivity index (χ4n) is 1.10. The van der Waals surface area contributed by atoms with Gasteiger partial charge in [0.2, 0.25) is 0 Å². The zero-order valence-electron chi connectivity index (χ0n) is 8.85. The number of ether oxygens (including phenoxy) is 1. The maximum atomic E-state index is 12.8. The second kappa shape index (κ2) is 4.95. The van der Waals surface area contributed by atoms with E-state index < -0.39 is 24.9 Å². The molecule has 0 aliphatic heterocycles. The van der Waals surface area contributed by atoms with Gasteiger partial charge < -0.3 is 10.5 Å². The normalized spacial score (nSPS) is 14.3. The monoisotopic (exact) mass is 273 g/mol. The van der Waals surface area contributed by atoms with Crippen LogP contribution >= 0.6 is 0 Å². The van der Waals surface area contributed by atoms with Crippen LogP contribution in [0.1, 0.15) is 0 Å². The Hall–Kier alpha value is -1.60. The molecule has 0 aromatic heterocycles. The van der Waals surface area contributed by atoms with Gasteiger partial charge in [0.05, 0.1) is 0 Å². The first-order valence-electron chi connectivity index (χ1n) is 4.70. The number of hydrogen-bond donors (Lipinski definition) is 1. The summed E-state index contributed by atoms with van der Waals surface area (Å²) in [5.41, 5.74) is 5.49. The average Bonchev–Trinajstić information content (AvgIpc) is 2.24. The summed E-state index contributed by atoms with van der Waals surface area (Å²) in [4.78, 5) is 0. The average molecular weight is 273 g/mol. The van der Waals surface area contributed by atoms with Crippen molar-refractivity contribution in [3.63, 3.8) is 0 Å². The van der Waals surface area contributed by atoms with Crippen molar-refractivity contribution >= 4 is 5.69 Å². The zero-order chi connectivity index (χ0) is 14.0. The molecule has 2 nitrogen and oxygen atoms in total. The second-order valence-electron chi connectivity index (χ2n) is 3.53. The SMILES string of the molecule is Nc1cccc(OCC(F)(F)[C@@H](F)C(F)(F)F)c1. The molecule has 0 saturated heterocycles. The van der Waals surface area contributed by atoms with Crippen LogP contribution in [-0.2, 0) is 0 Å². The highest BCUT2D eigenvalue weighted by molar-refractivity contribution is 5.43. The van der Waals surface area contributed by atoms with Crippen molar-refractivity contribution in [2.45, 2.75) is 18.3 Å². The van der Waals surface area contributed by atoms with Crippen LogP contribution in [0.2, 0.25) is 0 Å². The molecule has 0 aliphatic carbocycles. The van der Waals surface area contributed by atoms with Crippen molar-refractivity contribution in [1.29, 1.82) is 0 Å². The van der Waals surface area contributed by atoms with Gasteiger partial charge in [-0.2, -0.15) is 22.0 Å². The Bertz CT molecular complexity index is 406. The van der Waals surface area contributed by atoms with Crippen molar-refractivity contribution in [1.82, 2.24) is 0 Å². The molecule has 1 aromatic carbocycles. The molecule has 0 bridgehead atoms. The fraction of sp³-hybridized carbons (Fsp3) is 0.400. The van der Waals surface area contributed by atoms with Crippen LogP contribution in [0.3, 0.4) is 0 Å². The van der Waals surface area contributed by atoms with E-state index in [9.17, 15) is 26.3 Å². The highest BCUT2D eigenvalue weighted by Gasteiger charge is 2.57. The first-order chi connectivity index (χ1) is 8.13. The molecule has 0 fully saturated rings. The predicted octanol–water partition coefficient (Wildman–Crippen LogP) is 3.18. The Kier molecular flexibility index (Phi) is 3.98. The summed E-state index contributed by atoms with van der Waals surface area (Å²) in [5, 5.41) is 0. The molecule has 0 heterocycles. The molecule has 0 radical (unpaired) electrons. The fourth-order valence-corrected chi connectivity index (χ4v) is 1.10. The van der Waals surface area contributed by atoms with E-state index in [1.165, 1.54) is 18.2 Å². The Labute approximate surface area is 98.3 Å². The quantitative estimate of drug-likeness (QED) is 0.675. The zero-order valence-corrected chi connectivity index (χ0v) is 8.85. The number of halogens is 6. The molecule has 1 aromatic rings. The molecular formula is C10H9F6NO. The lowest BCUT2D eigenvalue weighted by molar-refractivity contribution is -0.250. The number of benzene rings is 1. The molecule has 0 unspecified atom stereocenters. The maximum absolute atomic E-state index is 12.8. The summed E-state index contributed by atoms with van der Waals surface area (Å²) < 4.78 is 78.0. The molecule has 0 spiro atoms. The van der Waals surface area contributed by atoms with Crippen molar-refractivity contribution in [2.24, 2.45) is 0 Å². The molecule has 18 heavy (non-hydrogen) atoms. The summed E-state index contributed by atoms with van der Waals surface area (Å²) in [7, 11) is 0. The molecule has 0 amide bonds. The Balaban J connectivity index is 2.67. The van der Waals surface area contributed by atoms with Gasteiger partial charge >= 0.3 is 12.1 Å². The Morgan fingerprint density at radius 2 is 1.78 bits per heavy atom. The van der Waals surface area contributed by atoms with Gasteiger partial charge in [-0.05, 0) is 12.1 Å². The second-order valence-corrected chi connectivity index (χ2v) is 3.53. The van der Waals surface area contributed by atoms with Crippen LogP contribution in [0, 0.1) is 0 Å². The molecule has 0 aliphatic rings. The largest absolute Gasteiger partial charge is 0.487 e. The van der Waals surface area contributed by atoms with Crippen molar-refractivity contribution in [3.8, 4) is 5.75 Å². The number of hydrogen-bond acceptors (Lipinski definition) is 2. The highest BCUT2D eigenvalue weighted by atomic mass is 19.4. The van der Waals surface area contributed by atoms with E-state index in [2.05, 4.69) is 4.74 Å². The predicted molar refractivity (Wildman–Crippen MR) is 52.2 cm³/mol. The van der Waals surface area contributed by atoms with Crippen molar-refractivity contribution < 1.29 is 31.1 Å². The Morgan fingerprint density at radius 3 is 2.28 bits per heavy atom. The lowest BCUT2D eigenvalue weighted by atomic mass is 10.2. The standard InChI is InChI=1S/C10H9F6NO/c11-8(10(14,15)16)9(12,13)5-18-7-3-1-2-6(17)4-7/h1-4,8H,5,17H2/t8-/m1/s1. The topological polar surface area (TPSA) is 35.2 Å². The van der Waals surface area contributed by atoms with E-state index in [1.807, 2.05) is 0 Å². The van der Waals surface area contributed by atoms with Gasteiger partial charge in [0.1, 0.15) is 5.75 Å². The number of alkyl halides is 6. The van der Waals surface area contributed by atoms with Crippen LogP contribution in [0.4, 0.5) is 32.0 Å². The third-order valence-electron chi connectivity index (χ3n) is 1.95. The molecule has 0 saturated carbocycles. The maximum Gasteiger partial charge on any atom is 0.425 e. The van der Waals surface area contributed by atoms with Crippen molar-refractivity contribution in [3.05, 3.63) is 24.3 Å². The molecule has 8 heteroatoms. The molecular weight excluding hydrogens is 264 g/mol. The van der Waals surface area contributed by atoms with E-state index in [0.717, 1.165) is 6.07 Å². The van der Waals surface area contributed by atoms with Crippen LogP contribution in [0.15, 0.2) is 24.3 Å². The van der Waals surface area contributed by atoms with Crippen LogP contribution in [-0.4, -0.2) is 24.9 Å². The number of anilines is 1. The Morgan fingerprint density at radius 1 is 1.17 bits per heavy atom. The number of nitrogens with two attached hydrogens (primary N) is 1. The third kappa shape index (κ3) is 3.71.